The highest BCUT2D eigenvalue weighted by Crippen LogP contribution is 2.20. The Hall–Kier alpha value is -0.230. The van der Waals surface area contributed by atoms with Crippen LogP contribution in [0.2, 0.25) is 5.02 Å². The molecule has 0 unspecified atom stereocenters. The second-order valence-electron chi connectivity index (χ2n) is 1.77. The molecule has 0 radical (unpaired) electrons. The van der Waals surface area contributed by atoms with Crippen molar-refractivity contribution in [3.05, 3.63) is 20.9 Å². The van der Waals surface area contributed by atoms with Crippen molar-refractivity contribution in [2.45, 2.75) is 0 Å². The van der Waals surface area contributed by atoms with Crippen LogP contribution in [0.5, 0.6) is 0 Å². The summed E-state index contributed by atoms with van der Waals surface area (Å²) >= 11 is 7.84. The summed E-state index contributed by atoms with van der Waals surface area (Å²) < 4.78 is 2.18. The summed E-state index contributed by atoms with van der Waals surface area (Å²) in [5.74, 6) is 5.78. The molecule has 1 aromatic rings. The average molecular weight is 270 g/mol. The molecule has 0 bridgehead atoms. The van der Waals surface area contributed by atoms with E-state index in [1.807, 2.05) is 0 Å². The standard InChI is InChI=1S/C5H5ClIN3/c6-4-3(7)1-2-10(9)5(4)8/h1-2,8H,9H2/p+1. The van der Waals surface area contributed by atoms with Crippen molar-refractivity contribution in [2.24, 2.45) is 0 Å². The molecule has 1 aromatic heterocycles. The second kappa shape index (κ2) is 2.79. The fraction of sp³-hybridized carbons (Fsp3) is 0. The zero-order valence-electron chi connectivity index (χ0n) is 5.01. The minimum absolute atomic E-state index is 0.383. The Bertz CT molecular complexity index is 236. The molecule has 0 saturated heterocycles. The van der Waals surface area contributed by atoms with Crippen LogP contribution >= 0.6 is 34.2 Å². The molecule has 4 N–H and O–H groups in total. The third-order valence-corrected chi connectivity index (χ3v) is 2.71. The highest BCUT2D eigenvalue weighted by Gasteiger charge is 2.09. The van der Waals surface area contributed by atoms with Gasteiger partial charge >= 0.3 is 5.82 Å². The van der Waals surface area contributed by atoms with Crippen molar-refractivity contribution in [3.63, 3.8) is 0 Å². The molecule has 0 aromatic carbocycles. The molecule has 10 heavy (non-hydrogen) atoms. The number of rotatable bonds is 0. The van der Waals surface area contributed by atoms with E-state index in [0.29, 0.717) is 10.8 Å². The van der Waals surface area contributed by atoms with E-state index in [9.17, 15) is 0 Å². The first-order valence-electron chi connectivity index (χ1n) is 2.53. The zero-order valence-corrected chi connectivity index (χ0v) is 7.93. The Balaban J connectivity index is 3.34. The van der Waals surface area contributed by atoms with Crippen molar-refractivity contribution in [3.8, 4) is 0 Å². The molecule has 0 saturated carbocycles. The number of halogens is 2. The lowest BCUT2D eigenvalue weighted by atomic mass is 10.5. The van der Waals surface area contributed by atoms with Gasteiger partial charge in [0.2, 0.25) is 0 Å². The summed E-state index contributed by atoms with van der Waals surface area (Å²) in [6, 6.07) is 1.79. The van der Waals surface area contributed by atoms with Gasteiger partial charge in [-0.15, -0.1) is 4.68 Å². The van der Waals surface area contributed by atoms with Crippen LogP contribution < -0.4 is 16.3 Å². The first-order chi connectivity index (χ1) is 4.63. The van der Waals surface area contributed by atoms with Crippen LogP contribution in [0.15, 0.2) is 12.3 Å². The van der Waals surface area contributed by atoms with Crippen LogP contribution in [-0.2, 0) is 0 Å². The van der Waals surface area contributed by atoms with Gasteiger partial charge in [-0.05, 0) is 28.7 Å². The summed E-state index contributed by atoms with van der Waals surface area (Å²) in [5.41, 5.74) is 5.48. The maximum Gasteiger partial charge on any atom is 0.315 e. The summed E-state index contributed by atoms with van der Waals surface area (Å²) in [6.07, 6.45) is 1.66. The molecule has 0 atom stereocenters. The number of nitrogen functional groups attached to an aromatic ring is 2. The average Bonchev–Trinajstić information content (AvgIpc) is 1.93. The number of hydrogen-bond acceptors (Lipinski definition) is 2. The van der Waals surface area contributed by atoms with Gasteiger partial charge in [0, 0.05) is 3.57 Å². The molecule has 0 fully saturated rings. The fourth-order valence-corrected chi connectivity index (χ4v) is 1.13. The van der Waals surface area contributed by atoms with Gasteiger partial charge in [-0.3, -0.25) is 11.6 Å². The van der Waals surface area contributed by atoms with E-state index in [2.05, 4.69) is 22.6 Å². The lowest BCUT2D eigenvalue weighted by Gasteiger charge is -1.97. The third-order valence-electron chi connectivity index (χ3n) is 1.09. The monoisotopic (exact) mass is 270 g/mol. The predicted octanol–water partition coefficient (Wildman–Crippen LogP) is 0.528. The Morgan fingerprint density at radius 1 is 1.60 bits per heavy atom. The highest BCUT2D eigenvalue weighted by atomic mass is 127. The number of nitrogens with zero attached hydrogens (tertiary/aromatic N) is 1. The van der Waals surface area contributed by atoms with E-state index >= 15 is 0 Å². The molecule has 0 spiro atoms. The van der Waals surface area contributed by atoms with Gasteiger partial charge < -0.3 is 0 Å². The minimum atomic E-state index is 0.383. The van der Waals surface area contributed by atoms with Crippen LogP contribution in [0.1, 0.15) is 0 Å². The van der Waals surface area contributed by atoms with Gasteiger partial charge in [0.1, 0.15) is 11.2 Å². The van der Waals surface area contributed by atoms with Crippen LogP contribution in [0.4, 0.5) is 5.82 Å². The highest BCUT2D eigenvalue weighted by molar-refractivity contribution is 14.1. The lowest BCUT2D eigenvalue weighted by molar-refractivity contribution is -0.623. The van der Waals surface area contributed by atoms with Gasteiger partial charge in [-0.25, -0.2) is 0 Å². The van der Waals surface area contributed by atoms with Crippen molar-refractivity contribution in [1.82, 2.24) is 0 Å². The van der Waals surface area contributed by atoms with E-state index in [4.69, 9.17) is 23.2 Å². The van der Waals surface area contributed by atoms with Gasteiger partial charge in [0.15, 0.2) is 0 Å². The number of anilines is 1. The molecular formula is C5H6ClIN3+. The van der Waals surface area contributed by atoms with Gasteiger partial charge in [0.05, 0.1) is 0 Å². The molecule has 54 valence electrons. The van der Waals surface area contributed by atoms with Crippen LogP contribution in [-0.4, -0.2) is 0 Å². The zero-order chi connectivity index (χ0) is 7.72. The Labute approximate surface area is 77.1 Å². The van der Waals surface area contributed by atoms with Crippen molar-refractivity contribution >= 4 is 40.0 Å². The predicted molar refractivity (Wildman–Crippen MR) is 48.9 cm³/mol. The van der Waals surface area contributed by atoms with E-state index < -0.39 is 0 Å². The first kappa shape index (κ1) is 7.87. The smallest absolute Gasteiger partial charge is 0.284 e. The first-order valence-corrected chi connectivity index (χ1v) is 3.99. The van der Waals surface area contributed by atoms with Gasteiger partial charge in [-0.2, -0.15) is 0 Å². The molecule has 0 amide bonds. The maximum absolute atomic E-state index is 5.75. The molecule has 1 heterocycles. The molecule has 0 aliphatic heterocycles. The molecule has 1 rings (SSSR count). The van der Waals surface area contributed by atoms with E-state index in [-0.39, 0.29) is 0 Å². The van der Waals surface area contributed by atoms with Crippen molar-refractivity contribution < 1.29 is 4.68 Å². The van der Waals surface area contributed by atoms with Crippen molar-refractivity contribution in [1.29, 1.82) is 0 Å². The Kier molecular flexibility index (Phi) is 2.20. The van der Waals surface area contributed by atoms with Gasteiger partial charge in [-0.1, -0.05) is 11.6 Å². The summed E-state index contributed by atoms with van der Waals surface area (Å²) in [6.45, 7) is 0. The van der Waals surface area contributed by atoms with E-state index in [1.165, 1.54) is 4.68 Å². The van der Waals surface area contributed by atoms with Crippen LogP contribution in [0.3, 0.4) is 0 Å². The second-order valence-corrected chi connectivity index (χ2v) is 3.31. The van der Waals surface area contributed by atoms with E-state index in [0.717, 1.165) is 3.57 Å². The largest absolute Gasteiger partial charge is 0.315 e. The molecule has 3 nitrogen and oxygen atoms in total. The summed E-state index contributed by atoms with van der Waals surface area (Å²) in [4.78, 5) is 0. The van der Waals surface area contributed by atoms with Crippen LogP contribution in [0.25, 0.3) is 0 Å². The normalized spacial score (nSPS) is 9.80. The Morgan fingerprint density at radius 3 is 2.70 bits per heavy atom. The lowest BCUT2D eigenvalue weighted by Crippen LogP contribution is -2.46. The Morgan fingerprint density at radius 2 is 2.20 bits per heavy atom. The van der Waals surface area contributed by atoms with Crippen molar-refractivity contribution in [2.75, 3.05) is 11.6 Å². The molecular weight excluding hydrogens is 264 g/mol. The number of aromatic nitrogens is 1. The van der Waals surface area contributed by atoms with Gasteiger partial charge in [0.25, 0.3) is 0 Å². The number of nitrogens with two attached hydrogens (primary N) is 2. The molecule has 5 heteroatoms. The van der Waals surface area contributed by atoms with Crippen LogP contribution in [0, 0.1) is 3.57 Å². The maximum atomic E-state index is 5.75. The topological polar surface area (TPSA) is 55.9 Å². The summed E-state index contributed by atoms with van der Waals surface area (Å²) in [5, 5.41) is 0.505. The quantitative estimate of drug-likeness (QED) is 0.410. The minimum Gasteiger partial charge on any atom is -0.284 e. The SMILES string of the molecule is Nc1c(Cl)c(I)cc[n+]1N. The third kappa shape index (κ3) is 1.27. The number of hydrogen-bond donors (Lipinski definition) is 2. The number of pyridine rings is 1. The summed E-state index contributed by atoms with van der Waals surface area (Å²) in [7, 11) is 0. The van der Waals surface area contributed by atoms with E-state index in [1.54, 1.807) is 12.3 Å². The fourth-order valence-electron chi connectivity index (χ4n) is 0.535. The molecule has 0 aliphatic carbocycles. The molecule has 0 aliphatic rings.